The highest BCUT2D eigenvalue weighted by Crippen LogP contribution is 2.28. The lowest BCUT2D eigenvalue weighted by Crippen LogP contribution is -2.45. The van der Waals surface area contributed by atoms with E-state index in [9.17, 15) is 4.79 Å². The Labute approximate surface area is 225 Å². The Kier molecular flexibility index (Phi) is 11.0. The van der Waals surface area contributed by atoms with E-state index in [1.165, 1.54) is 11.1 Å². The number of benzene rings is 2. The van der Waals surface area contributed by atoms with E-state index in [0.29, 0.717) is 13.1 Å². The lowest BCUT2D eigenvalue weighted by molar-refractivity contribution is 0.210. The molecular formula is C29H37ClN4OS. The summed E-state index contributed by atoms with van der Waals surface area (Å²) in [5, 5.41) is 9.45. The van der Waals surface area contributed by atoms with E-state index >= 15 is 0 Å². The van der Waals surface area contributed by atoms with Crippen molar-refractivity contribution in [3.05, 3.63) is 101 Å². The van der Waals surface area contributed by atoms with Crippen molar-refractivity contribution < 1.29 is 4.79 Å². The van der Waals surface area contributed by atoms with E-state index < -0.39 is 0 Å². The van der Waals surface area contributed by atoms with Crippen LogP contribution in [0.15, 0.2) is 84.3 Å². The molecule has 2 heterocycles. The fraction of sp³-hybridized carbons (Fsp3) is 0.345. The molecule has 0 saturated carbocycles. The summed E-state index contributed by atoms with van der Waals surface area (Å²) in [7, 11) is 0. The van der Waals surface area contributed by atoms with Crippen LogP contribution in [0.4, 0.5) is 9.80 Å². The zero-order chi connectivity index (χ0) is 24.5. The maximum atomic E-state index is 13.4. The molecular weight excluding hydrogens is 488 g/mol. The highest BCUT2D eigenvalue weighted by Gasteiger charge is 2.21. The molecule has 1 saturated heterocycles. The van der Waals surface area contributed by atoms with E-state index in [1.807, 2.05) is 17.9 Å². The molecule has 7 heteroatoms. The average molecular weight is 525 g/mol. The van der Waals surface area contributed by atoms with Gasteiger partial charge in [-0.05, 0) is 47.1 Å². The van der Waals surface area contributed by atoms with Crippen LogP contribution in [-0.4, -0.2) is 61.6 Å². The van der Waals surface area contributed by atoms with Crippen LogP contribution in [0, 0.1) is 6.92 Å². The summed E-state index contributed by atoms with van der Waals surface area (Å²) >= 11 is 1.56. The Morgan fingerprint density at radius 2 is 1.69 bits per heavy atom. The molecule has 36 heavy (non-hydrogen) atoms. The molecule has 1 aliphatic heterocycles. The van der Waals surface area contributed by atoms with Crippen LogP contribution in [0.5, 0.6) is 0 Å². The van der Waals surface area contributed by atoms with Gasteiger partial charge in [0.2, 0.25) is 0 Å². The predicted molar refractivity (Wildman–Crippen MR) is 155 cm³/mol. The molecule has 0 spiro atoms. The zero-order valence-corrected chi connectivity index (χ0v) is 22.6. The van der Waals surface area contributed by atoms with E-state index in [2.05, 4.69) is 88.2 Å². The van der Waals surface area contributed by atoms with Crippen molar-refractivity contribution in [2.45, 2.75) is 19.3 Å². The van der Waals surface area contributed by atoms with Crippen molar-refractivity contribution in [1.29, 1.82) is 0 Å². The van der Waals surface area contributed by atoms with Crippen LogP contribution in [0.3, 0.4) is 0 Å². The van der Waals surface area contributed by atoms with E-state index in [4.69, 9.17) is 0 Å². The molecule has 1 fully saturated rings. The van der Waals surface area contributed by atoms with E-state index in [1.54, 1.807) is 11.3 Å². The number of aryl methyl sites for hydroxylation is 1. The molecule has 3 aromatic rings. The molecule has 192 valence electrons. The minimum atomic E-state index is -0.0619. The van der Waals surface area contributed by atoms with Crippen LogP contribution < -0.4 is 10.6 Å². The normalized spacial score (nSPS) is 13.7. The third-order valence-electron chi connectivity index (χ3n) is 6.41. The van der Waals surface area contributed by atoms with Crippen molar-refractivity contribution in [1.82, 2.24) is 15.1 Å². The standard InChI is InChI=1S/C29H36N4OS.ClH/c1-23-19-28(35-22-23)31-29(34)33(21-24(2)20-32-17-14-30-15-18-32)16-13-27(25-9-5-3-6-10-25)26-11-7-4-8-12-26;/h3-12,19,22,27,30H,2,13-18,20-21H2,1H3,(H,31,34);1H. The summed E-state index contributed by atoms with van der Waals surface area (Å²) in [6.45, 7) is 12.5. The first-order valence-corrected chi connectivity index (χ1v) is 13.3. The summed E-state index contributed by atoms with van der Waals surface area (Å²) in [4.78, 5) is 17.7. The molecule has 0 bridgehead atoms. The number of amides is 2. The summed E-state index contributed by atoms with van der Waals surface area (Å²) < 4.78 is 0. The Morgan fingerprint density at radius 3 is 2.25 bits per heavy atom. The second-order valence-corrected chi connectivity index (χ2v) is 10.2. The maximum absolute atomic E-state index is 13.4. The fourth-order valence-corrected chi connectivity index (χ4v) is 5.40. The number of carbonyl (C=O) groups is 1. The van der Waals surface area contributed by atoms with Gasteiger partial charge in [0, 0.05) is 51.7 Å². The largest absolute Gasteiger partial charge is 0.322 e. The van der Waals surface area contributed by atoms with Gasteiger partial charge in [0.1, 0.15) is 0 Å². The summed E-state index contributed by atoms with van der Waals surface area (Å²) in [6.07, 6.45) is 0.839. The van der Waals surface area contributed by atoms with Gasteiger partial charge in [-0.1, -0.05) is 67.2 Å². The minimum absolute atomic E-state index is 0. The lowest BCUT2D eigenvalue weighted by Gasteiger charge is -2.31. The molecule has 0 unspecified atom stereocenters. The van der Waals surface area contributed by atoms with Crippen LogP contribution >= 0.6 is 23.7 Å². The molecule has 0 radical (unpaired) electrons. The number of carbonyl (C=O) groups excluding carboxylic acids is 1. The molecule has 0 atom stereocenters. The smallest absolute Gasteiger partial charge is 0.320 e. The average Bonchev–Trinajstić information content (AvgIpc) is 3.29. The number of hydrogen-bond donors (Lipinski definition) is 2. The number of rotatable bonds is 10. The SMILES string of the molecule is C=C(CN1CCNCC1)CN(CCC(c1ccccc1)c1ccccc1)C(=O)Nc1cc(C)cs1.Cl. The van der Waals surface area contributed by atoms with Gasteiger partial charge in [0.15, 0.2) is 0 Å². The van der Waals surface area contributed by atoms with Gasteiger partial charge in [-0.3, -0.25) is 10.2 Å². The number of hydrogen-bond acceptors (Lipinski definition) is 4. The van der Waals surface area contributed by atoms with Gasteiger partial charge in [0.25, 0.3) is 0 Å². The van der Waals surface area contributed by atoms with Crippen LogP contribution in [0.25, 0.3) is 0 Å². The first-order valence-electron chi connectivity index (χ1n) is 12.4. The Morgan fingerprint density at radius 1 is 1.08 bits per heavy atom. The fourth-order valence-electron chi connectivity index (χ4n) is 4.62. The number of urea groups is 1. The van der Waals surface area contributed by atoms with Crippen LogP contribution in [0.2, 0.25) is 0 Å². The van der Waals surface area contributed by atoms with E-state index in [-0.39, 0.29) is 24.4 Å². The van der Waals surface area contributed by atoms with Gasteiger partial charge in [-0.2, -0.15) is 0 Å². The first kappa shape index (κ1) is 27.9. The lowest BCUT2D eigenvalue weighted by atomic mass is 9.88. The Balaban J connectivity index is 0.00000361. The van der Waals surface area contributed by atoms with Crippen molar-refractivity contribution in [2.24, 2.45) is 0 Å². The van der Waals surface area contributed by atoms with Gasteiger partial charge in [-0.25, -0.2) is 4.79 Å². The van der Waals surface area contributed by atoms with Crippen molar-refractivity contribution in [3.8, 4) is 0 Å². The van der Waals surface area contributed by atoms with Crippen molar-refractivity contribution in [2.75, 3.05) is 51.1 Å². The quantitative estimate of drug-likeness (QED) is 0.320. The molecule has 1 aromatic heterocycles. The topological polar surface area (TPSA) is 47.6 Å². The zero-order valence-electron chi connectivity index (χ0n) is 21.0. The van der Waals surface area contributed by atoms with Crippen LogP contribution in [-0.2, 0) is 0 Å². The number of anilines is 1. The second-order valence-electron chi connectivity index (χ2n) is 9.28. The second kappa shape index (κ2) is 14.2. The predicted octanol–water partition coefficient (Wildman–Crippen LogP) is 6.00. The Hall–Kier alpha value is -2.64. The van der Waals surface area contributed by atoms with E-state index in [0.717, 1.165) is 55.3 Å². The third-order valence-corrected chi connectivity index (χ3v) is 7.37. The molecule has 2 N–H and O–H groups in total. The van der Waals surface area contributed by atoms with Crippen LogP contribution in [0.1, 0.15) is 29.0 Å². The molecule has 1 aliphatic rings. The van der Waals surface area contributed by atoms with Gasteiger partial charge in [-0.15, -0.1) is 23.7 Å². The number of piperazine rings is 1. The third kappa shape index (κ3) is 8.20. The molecule has 2 amide bonds. The highest BCUT2D eigenvalue weighted by molar-refractivity contribution is 7.14. The Bertz CT molecular complexity index is 1040. The number of thiophene rings is 1. The maximum Gasteiger partial charge on any atom is 0.322 e. The summed E-state index contributed by atoms with van der Waals surface area (Å²) in [5.41, 5.74) is 4.77. The van der Waals surface area contributed by atoms with Crippen molar-refractivity contribution in [3.63, 3.8) is 0 Å². The minimum Gasteiger partial charge on any atom is -0.320 e. The molecule has 0 aliphatic carbocycles. The molecule has 2 aromatic carbocycles. The summed E-state index contributed by atoms with van der Waals surface area (Å²) in [6, 6.07) is 23.1. The van der Waals surface area contributed by atoms with Gasteiger partial charge in [0.05, 0.1) is 5.00 Å². The van der Waals surface area contributed by atoms with Gasteiger partial charge < -0.3 is 10.2 Å². The highest BCUT2D eigenvalue weighted by atomic mass is 35.5. The van der Waals surface area contributed by atoms with Gasteiger partial charge >= 0.3 is 6.03 Å². The first-order chi connectivity index (χ1) is 17.1. The number of halogens is 1. The number of nitrogens with zero attached hydrogens (tertiary/aromatic N) is 2. The number of nitrogens with one attached hydrogen (secondary N) is 2. The monoisotopic (exact) mass is 524 g/mol. The van der Waals surface area contributed by atoms with Crippen molar-refractivity contribution >= 4 is 34.8 Å². The molecule has 4 rings (SSSR count). The molecule has 5 nitrogen and oxygen atoms in total. The summed E-state index contributed by atoms with van der Waals surface area (Å²) in [5.74, 6) is 0.220.